The molecule has 0 bridgehead atoms. The molecule has 3 heterocycles. The highest BCUT2D eigenvalue weighted by atomic mass is 16.7. The normalized spacial score (nSPS) is 23.9. The molecule has 8 heteroatoms. The van der Waals surface area contributed by atoms with Gasteiger partial charge in [-0.05, 0) is 48.0 Å². The van der Waals surface area contributed by atoms with Crippen molar-refractivity contribution in [3.8, 4) is 0 Å². The molecule has 2 aliphatic heterocycles. The van der Waals surface area contributed by atoms with Crippen LogP contribution in [0.15, 0.2) is 12.4 Å². The summed E-state index contributed by atoms with van der Waals surface area (Å²) >= 11 is 0. The highest BCUT2D eigenvalue weighted by Gasteiger charge is 2.52. The van der Waals surface area contributed by atoms with E-state index in [2.05, 4.69) is 28.7 Å². The van der Waals surface area contributed by atoms with Gasteiger partial charge in [-0.25, -0.2) is 9.97 Å². The number of rotatable bonds is 4. The maximum atomic E-state index is 11.7. The maximum Gasteiger partial charge on any atom is 0.498 e. The lowest BCUT2D eigenvalue weighted by molar-refractivity contribution is -0.127. The summed E-state index contributed by atoms with van der Waals surface area (Å²) in [5.41, 5.74) is 0.0403. The van der Waals surface area contributed by atoms with E-state index in [9.17, 15) is 4.79 Å². The first-order valence-corrected chi connectivity index (χ1v) is 9.73. The van der Waals surface area contributed by atoms with Crippen molar-refractivity contribution < 1.29 is 14.1 Å². The topological polar surface area (TPSA) is 67.8 Å². The number of nitrogens with zero attached hydrogens (tertiary/aromatic N) is 4. The second-order valence-electron chi connectivity index (χ2n) is 8.81. The van der Waals surface area contributed by atoms with Gasteiger partial charge in [-0.1, -0.05) is 0 Å². The molecule has 148 valence electrons. The molecule has 1 aromatic heterocycles. The molecule has 1 atom stereocenters. The Morgan fingerprint density at radius 3 is 2.22 bits per heavy atom. The van der Waals surface area contributed by atoms with Gasteiger partial charge >= 0.3 is 7.12 Å². The van der Waals surface area contributed by atoms with Gasteiger partial charge in [0.1, 0.15) is 0 Å². The van der Waals surface area contributed by atoms with Crippen molar-refractivity contribution in [3.63, 3.8) is 0 Å². The van der Waals surface area contributed by atoms with E-state index in [1.165, 1.54) is 0 Å². The Labute approximate surface area is 162 Å². The number of aromatic nitrogens is 2. The number of anilines is 1. The molecule has 1 amide bonds. The van der Waals surface area contributed by atoms with Gasteiger partial charge in [0.05, 0.1) is 17.2 Å². The predicted molar refractivity (Wildman–Crippen MR) is 106 cm³/mol. The van der Waals surface area contributed by atoms with Crippen LogP contribution in [-0.4, -0.2) is 64.3 Å². The van der Waals surface area contributed by atoms with Crippen LogP contribution in [0.25, 0.3) is 0 Å². The number of hydrogen-bond acceptors (Lipinski definition) is 6. The van der Waals surface area contributed by atoms with Crippen LogP contribution in [0.3, 0.4) is 0 Å². The first kappa shape index (κ1) is 20.1. The summed E-state index contributed by atoms with van der Waals surface area (Å²) in [6.07, 6.45) is 4.51. The third-order valence-corrected chi connectivity index (χ3v) is 5.97. The van der Waals surface area contributed by atoms with Crippen molar-refractivity contribution >= 4 is 24.4 Å². The zero-order valence-corrected chi connectivity index (χ0v) is 17.5. The van der Waals surface area contributed by atoms with E-state index >= 15 is 0 Å². The second-order valence-corrected chi connectivity index (χ2v) is 8.81. The van der Waals surface area contributed by atoms with Crippen LogP contribution >= 0.6 is 0 Å². The average Bonchev–Trinajstić information content (AvgIpc) is 3.11. The first-order valence-electron chi connectivity index (χ1n) is 9.73. The number of hydrogen-bond donors (Lipinski definition) is 0. The highest BCUT2D eigenvalue weighted by molar-refractivity contribution is 6.61. The molecule has 2 aliphatic rings. The van der Waals surface area contributed by atoms with Gasteiger partial charge in [-0.3, -0.25) is 4.79 Å². The fourth-order valence-electron chi connectivity index (χ4n) is 3.64. The Morgan fingerprint density at radius 1 is 1.22 bits per heavy atom. The number of likely N-dealkylation sites (tertiary alicyclic amines) is 1. The monoisotopic (exact) mass is 374 g/mol. The molecular weight excluding hydrogens is 343 g/mol. The Bertz CT molecular complexity index is 677. The molecule has 3 rings (SSSR count). The zero-order chi connectivity index (χ0) is 20.0. The van der Waals surface area contributed by atoms with E-state index < -0.39 is 7.12 Å². The van der Waals surface area contributed by atoms with Crippen LogP contribution in [-0.2, 0) is 14.1 Å². The van der Waals surface area contributed by atoms with Crippen LogP contribution in [0.5, 0.6) is 0 Å². The quantitative estimate of drug-likeness (QED) is 0.746. The largest absolute Gasteiger partial charge is 0.498 e. The molecule has 0 spiro atoms. The molecule has 27 heavy (non-hydrogen) atoms. The lowest BCUT2D eigenvalue weighted by Crippen LogP contribution is -2.44. The van der Waals surface area contributed by atoms with Gasteiger partial charge in [0.2, 0.25) is 11.9 Å². The first-order chi connectivity index (χ1) is 12.5. The predicted octanol–water partition coefficient (Wildman–Crippen LogP) is 1.61. The van der Waals surface area contributed by atoms with Gasteiger partial charge in [0.15, 0.2) is 0 Å². The van der Waals surface area contributed by atoms with E-state index in [0.29, 0.717) is 5.95 Å². The fourth-order valence-corrected chi connectivity index (χ4v) is 3.64. The Balaban J connectivity index is 1.76. The molecule has 0 aromatic carbocycles. The summed E-state index contributed by atoms with van der Waals surface area (Å²) in [5.74, 6) is 0.805. The molecular formula is C19H31BN4O3. The summed E-state index contributed by atoms with van der Waals surface area (Å²) in [4.78, 5) is 25.0. The second kappa shape index (κ2) is 7.06. The smallest absolute Gasteiger partial charge is 0.399 e. The highest BCUT2D eigenvalue weighted by Crippen LogP contribution is 2.36. The van der Waals surface area contributed by atoms with Crippen molar-refractivity contribution in [1.29, 1.82) is 0 Å². The minimum Gasteiger partial charge on any atom is -0.399 e. The summed E-state index contributed by atoms with van der Waals surface area (Å²) in [5, 5.41) is 0. The molecule has 0 aliphatic carbocycles. The third kappa shape index (κ3) is 3.83. The van der Waals surface area contributed by atoms with Gasteiger partial charge in [0, 0.05) is 43.9 Å². The van der Waals surface area contributed by atoms with Crippen molar-refractivity contribution in [1.82, 2.24) is 14.9 Å². The van der Waals surface area contributed by atoms with E-state index in [4.69, 9.17) is 9.31 Å². The molecule has 0 saturated carbocycles. The molecule has 7 nitrogen and oxygen atoms in total. The van der Waals surface area contributed by atoms with Crippen molar-refractivity contribution in [3.05, 3.63) is 12.4 Å². The van der Waals surface area contributed by atoms with E-state index in [1.807, 2.05) is 32.6 Å². The maximum absolute atomic E-state index is 11.7. The lowest BCUT2D eigenvalue weighted by atomic mass is 9.81. The molecule has 0 unspecified atom stereocenters. The summed E-state index contributed by atoms with van der Waals surface area (Å²) in [7, 11) is -0.462. The average molecular weight is 374 g/mol. The van der Waals surface area contributed by atoms with Crippen LogP contribution in [0.4, 0.5) is 5.95 Å². The van der Waals surface area contributed by atoms with Gasteiger partial charge in [-0.2, -0.15) is 0 Å². The Kier molecular flexibility index (Phi) is 5.25. The summed E-state index contributed by atoms with van der Waals surface area (Å²) in [6, 6.07) is 0.473. The van der Waals surface area contributed by atoms with Gasteiger partial charge in [-0.15, -0.1) is 0 Å². The van der Waals surface area contributed by atoms with Gasteiger partial charge < -0.3 is 19.1 Å². The molecule has 2 saturated heterocycles. The van der Waals surface area contributed by atoms with E-state index in [0.717, 1.165) is 25.0 Å². The van der Waals surface area contributed by atoms with Gasteiger partial charge in [0.25, 0.3) is 0 Å². The zero-order valence-electron chi connectivity index (χ0n) is 17.5. The molecule has 0 radical (unpaired) electrons. The van der Waals surface area contributed by atoms with Crippen molar-refractivity contribution in [2.24, 2.45) is 0 Å². The summed E-state index contributed by atoms with van der Waals surface area (Å²) < 4.78 is 12.2. The van der Waals surface area contributed by atoms with Crippen molar-refractivity contribution in [2.75, 3.05) is 18.0 Å². The van der Waals surface area contributed by atoms with Crippen LogP contribution in [0, 0.1) is 0 Å². The van der Waals surface area contributed by atoms with Crippen molar-refractivity contribution in [2.45, 2.75) is 78.2 Å². The number of amides is 1. The van der Waals surface area contributed by atoms with E-state index in [1.54, 1.807) is 19.3 Å². The Morgan fingerprint density at radius 2 is 1.78 bits per heavy atom. The SMILES string of the molecule is CC(=O)N1CC[C@H](N(c2ncc(B3OC(C)(C)C(C)(C)O3)cn2)C(C)C)C1. The molecule has 0 N–H and O–H groups in total. The third-order valence-electron chi connectivity index (χ3n) is 5.97. The summed E-state index contributed by atoms with van der Waals surface area (Å²) in [6.45, 7) is 15.5. The lowest BCUT2D eigenvalue weighted by Gasteiger charge is -2.32. The van der Waals surface area contributed by atoms with Crippen LogP contribution < -0.4 is 10.4 Å². The van der Waals surface area contributed by atoms with Crippen LogP contribution in [0.2, 0.25) is 0 Å². The Hall–Kier alpha value is -1.67. The number of carbonyl (C=O) groups is 1. The molecule has 1 aromatic rings. The minimum atomic E-state index is -0.462. The molecule has 2 fully saturated rings. The minimum absolute atomic E-state index is 0.123. The fraction of sp³-hybridized carbons (Fsp3) is 0.737. The standard InChI is InChI=1S/C19H31BN4O3/c1-13(2)24(16-8-9-23(12-16)14(3)25)17-21-10-15(11-22-17)20-26-18(4,5)19(6,7)27-20/h10-11,13,16H,8-9,12H2,1-7H3/t16-/m0/s1. The van der Waals surface area contributed by atoms with E-state index in [-0.39, 0.29) is 29.2 Å². The van der Waals surface area contributed by atoms with Crippen LogP contribution in [0.1, 0.15) is 54.9 Å². The number of carbonyl (C=O) groups excluding carboxylic acids is 1.